The van der Waals surface area contributed by atoms with E-state index in [-0.39, 0.29) is 0 Å². The molecule has 0 atom stereocenters. The zero-order valence-corrected chi connectivity index (χ0v) is 9.46. The van der Waals surface area contributed by atoms with Crippen molar-refractivity contribution in [2.45, 2.75) is 11.8 Å². The topological polar surface area (TPSA) is 76.0 Å². The molecule has 7 heteroatoms. The molecule has 1 N–H and O–H groups in total. The fourth-order valence-electron chi connectivity index (χ4n) is 0.777. The van der Waals surface area contributed by atoms with Gasteiger partial charge in [-0.25, -0.2) is 4.28 Å². The quantitative estimate of drug-likeness (QED) is 0.290. The number of rotatable bonds is 3. The first kappa shape index (κ1) is 12.0. The Bertz CT molecular complexity index is 441. The van der Waals surface area contributed by atoms with E-state index < -0.39 is 10.4 Å². The fourth-order valence-corrected chi connectivity index (χ4v) is 1.74. The molecule has 0 saturated carbocycles. The van der Waals surface area contributed by atoms with Gasteiger partial charge >= 0.3 is 10.4 Å². The Labute approximate surface area is 92.1 Å². The van der Waals surface area contributed by atoms with E-state index in [0.717, 1.165) is 4.90 Å². The van der Waals surface area contributed by atoms with Gasteiger partial charge in [0.2, 0.25) is 0 Å². The van der Waals surface area contributed by atoms with E-state index in [1.165, 1.54) is 11.8 Å². The van der Waals surface area contributed by atoms with Crippen molar-refractivity contribution >= 4 is 27.2 Å². The summed E-state index contributed by atoms with van der Waals surface area (Å²) in [5.41, 5.74) is 0. The third-order valence-corrected chi connectivity index (χ3v) is 2.41. The second kappa shape index (κ2) is 5.15. The van der Waals surface area contributed by atoms with E-state index in [1.54, 1.807) is 6.92 Å². The first-order valence-electron chi connectivity index (χ1n) is 3.91. The Hall–Kier alpha value is -1.05. The molecule has 5 nitrogen and oxygen atoms in total. The van der Waals surface area contributed by atoms with Gasteiger partial charge in [-0.1, -0.05) is 35.1 Å². The molecule has 0 radical (unpaired) electrons. The van der Waals surface area contributed by atoms with Gasteiger partial charge in [-0.2, -0.15) is 8.42 Å². The highest BCUT2D eigenvalue weighted by Gasteiger charge is 2.04. The number of hydrogen-bond donors (Lipinski definition) is 1. The van der Waals surface area contributed by atoms with Gasteiger partial charge in [0.1, 0.15) is 5.04 Å². The van der Waals surface area contributed by atoms with E-state index in [4.69, 9.17) is 4.55 Å². The summed E-state index contributed by atoms with van der Waals surface area (Å²) >= 11 is 1.23. The Morgan fingerprint density at radius 1 is 1.40 bits per heavy atom. The van der Waals surface area contributed by atoms with Gasteiger partial charge in [0.05, 0.1) is 0 Å². The summed E-state index contributed by atoms with van der Waals surface area (Å²) in [5, 5.41) is 3.61. The molecule has 1 rings (SSSR count). The average molecular weight is 247 g/mol. The summed E-state index contributed by atoms with van der Waals surface area (Å²) in [6.45, 7) is 1.57. The Morgan fingerprint density at radius 2 is 2.00 bits per heavy atom. The summed E-state index contributed by atoms with van der Waals surface area (Å²) in [6, 6.07) is 9.25. The molecule has 0 bridgehead atoms. The minimum absolute atomic E-state index is 0.374. The molecule has 0 unspecified atom stereocenters. The molecule has 0 fully saturated rings. The normalized spacial score (nSPS) is 12.5. The predicted molar refractivity (Wildman–Crippen MR) is 58.0 cm³/mol. The van der Waals surface area contributed by atoms with Crippen LogP contribution in [0.5, 0.6) is 0 Å². The molecular formula is C8H9NO4S2. The first-order chi connectivity index (χ1) is 6.97. The Morgan fingerprint density at radius 3 is 2.53 bits per heavy atom. The van der Waals surface area contributed by atoms with Gasteiger partial charge < -0.3 is 0 Å². The SMILES string of the molecule is CC(=NOS(=O)(=O)O)Sc1ccccc1. The number of benzene rings is 1. The van der Waals surface area contributed by atoms with Crippen LogP contribution in [0.2, 0.25) is 0 Å². The molecule has 0 aliphatic heterocycles. The van der Waals surface area contributed by atoms with E-state index in [9.17, 15) is 8.42 Å². The van der Waals surface area contributed by atoms with Crippen LogP contribution < -0.4 is 0 Å². The molecule has 0 amide bonds. The molecule has 0 aliphatic carbocycles. The van der Waals surface area contributed by atoms with Crippen molar-refractivity contribution in [3.63, 3.8) is 0 Å². The fraction of sp³-hybridized carbons (Fsp3) is 0.125. The lowest BCUT2D eigenvalue weighted by Gasteiger charge is -1.98. The van der Waals surface area contributed by atoms with Crippen LogP contribution in [0, 0.1) is 0 Å². The molecule has 0 aromatic heterocycles. The molecule has 82 valence electrons. The molecule has 0 saturated heterocycles. The minimum atomic E-state index is -4.51. The second-order valence-electron chi connectivity index (χ2n) is 2.53. The first-order valence-corrected chi connectivity index (χ1v) is 6.09. The van der Waals surface area contributed by atoms with Gasteiger partial charge in [-0.3, -0.25) is 4.55 Å². The van der Waals surface area contributed by atoms with E-state index >= 15 is 0 Å². The summed E-state index contributed by atoms with van der Waals surface area (Å²) in [5.74, 6) is 0. The van der Waals surface area contributed by atoms with Gasteiger partial charge in [0.25, 0.3) is 0 Å². The van der Waals surface area contributed by atoms with Gasteiger partial charge in [0.15, 0.2) is 0 Å². The third-order valence-electron chi connectivity index (χ3n) is 1.27. The maximum absolute atomic E-state index is 10.2. The largest absolute Gasteiger partial charge is 0.466 e. The van der Waals surface area contributed by atoms with Gasteiger partial charge in [0, 0.05) is 4.90 Å². The lowest BCUT2D eigenvalue weighted by atomic mass is 10.4. The standard InChI is InChI=1S/C8H9NO4S2/c1-7(9-13-15(10,11)12)14-8-5-3-2-4-6-8/h2-6H,1H3,(H,10,11,12). The van der Waals surface area contributed by atoms with Crippen molar-refractivity contribution in [1.29, 1.82) is 0 Å². The lowest BCUT2D eigenvalue weighted by molar-refractivity contribution is 0.283. The Balaban J connectivity index is 2.60. The summed E-state index contributed by atoms with van der Waals surface area (Å²) in [4.78, 5) is 0.901. The molecule has 1 aromatic carbocycles. The molecule has 15 heavy (non-hydrogen) atoms. The van der Waals surface area contributed by atoms with Gasteiger partial charge in [-0.05, 0) is 19.1 Å². The number of hydrogen-bond acceptors (Lipinski definition) is 5. The van der Waals surface area contributed by atoms with Crippen LogP contribution in [0.1, 0.15) is 6.92 Å². The summed E-state index contributed by atoms with van der Waals surface area (Å²) in [6.07, 6.45) is 0. The third kappa shape index (κ3) is 5.40. The number of oxime groups is 1. The minimum Gasteiger partial charge on any atom is -0.253 e. The van der Waals surface area contributed by atoms with Crippen molar-refractivity contribution in [3.05, 3.63) is 30.3 Å². The summed E-state index contributed by atoms with van der Waals surface area (Å²) < 4.78 is 32.5. The molecule has 0 aliphatic rings. The number of thioether (sulfide) groups is 1. The van der Waals surface area contributed by atoms with E-state index in [1.807, 2.05) is 30.3 Å². The zero-order chi connectivity index (χ0) is 11.3. The van der Waals surface area contributed by atoms with E-state index in [2.05, 4.69) is 9.44 Å². The highest BCUT2D eigenvalue weighted by atomic mass is 32.3. The van der Waals surface area contributed by atoms with Crippen LogP contribution in [0.15, 0.2) is 40.4 Å². The zero-order valence-electron chi connectivity index (χ0n) is 7.82. The van der Waals surface area contributed by atoms with Gasteiger partial charge in [-0.15, -0.1) is 0 Å². The van der Waals surface area contributed by atoms with Crippen LogP contribution in [-0.4, -0.2) is 18.0 Å². The van der Waals surface area contributed by atoms with Crippen LogP contribution in [0.3, 0.4) is 0 Å². The number of nitrogens with zero attached hydrogens (tertiary/aromatic N) is 1. The van der Waals surface area contributed by atoms with Crippen LogP contribution >= 0.6 is 11.8 Å². The molecule has 0 heterocycles. The highest BCUT2D eigenvalue weighted by Crippen LogP contribution is 2.18. The van der Waals surface area contributed by atoms with Crippen LogP contribution in [-0.2, 0) is 14.7 Å². The van der Waals surface area contributed by atoms with Crippen molar-refractivity contribution in [2.75, 3.05) is 0 Å². The van der Waals surface area contributed by atoms with Crippen LogP contribution in [0.4, 0.5) is 0 Å². The Kier molecular flexibility index (Phi) is 4.13. The smallest absolute Gasteiger partial charge is 0.253 e. The van der Waals surface area contributed by atoms with Crippen LogP contribution in [0.25, 0.3) is 0 Å². The van der Waals surface area contributed by atoms with Crippen molar-refractivity contribution in [3.8, 4) is 0 Å². The predicted octanol–water partition coefficient (Wildman–Crippen LogP) is 1.93. The molecule has 0 spiro atoms. The molecule has 1 aromatic rings. The average Bonchev–Trinajstić information content (AvgIpc) is 2.15. The van der Waals surface area contributed by atoms with Crippen molar-refractivity contribution < 1.29 is 17.3 Å². The maximum atomic E-state index is 10.2. The van der Waals surface area contributed by atoms with Crippen molar-refractivity contribution in [2.24, 2.45) is 5.16 Å². The van der Waals surface area contributed by atoms with Crippen molar-refractivity contribution in [1.82, 2.24) is 0 Å². The highest BCUT2D eigenvalue weighted by molar-refractivity contribution is 8.13. The molecular weight excluding hydrogens is 238 g/mol. The summed E-state index contributed by atoms with van der Waals surface area (Å²) in [7, 11) is -4.51. The lowest BCUT2D eigenvalue weighted by Crippen LogP contribution is -1.99. The monoisotopic (exact) mass is 247 g/mol. The van der Waals surface area contributed by atoms with E-state index in [0.29, 0.717) is 5.04 Å². The second-order valence-corrected chi connectivity index (χ2v) is 4.80. The maximum Gasteiger partial charge on any atom is 0.466 e.